The molecule has 0 bridgehead atoms. The molecule has 0 aliphatic heterocycles. The number of ether oxygens (including phenoxy) is 8. The first-order valence-corrected chi connectivity index (χ1v) is 14.1. The average Bonchev–Trinajstić information content (AvgIpc) is 3.06. The molecule has 9 nitrogen and oxygen atoms in total. The summed E-state index contributed by atoms with van der Waals surface area (Å²) in [5.41, 5.74) is 4.02. The molecule has 0 aliphatic rings. The Morgan fingerprint density at radius 2 is 0.977 bits per heavy atom. The molecule has 0 heterocycles. The van der Waals surface area contributed by atoms with E-state index < -0.39 is 0 Å². The lowest BCUT2D eigenvalue weighted by molar-refractivity contribution is 0.330. The number of rotatable bonds is 15. The van der Waals surface area contributed by atoms with Gasteiger partial charge in [-0.25, -0.2) is 0 Å². The smallest absolute Gasteiger partial charge is 0.211 e. The Morgan fingerprint density at radius 1 is 0.455 bits per heavy atom. The Kier molecular flexibility index (Phi) is 10.9. The van der Waals surface area contributed by atoms with E-state index >= 15 is 0 Å². The topological polar surface area (TPSA) is 94.1 Å². The summed E-state index contributed by atoms with van der Waals surface area (Å²) < 4.78 is 45.3. The van der Waals surface area contributed by atoms with Crippen LogP contribution in [0.4, 0.5) is 0 Å². The van der Waals surface area contributed by atoms with Crippen LogP contribution in [0.15, 0.2) is 60.7 Å². The van der Waals surface area contributed by atoms with Gasteiger partial charge >= 0.3 is 0 Å². The fourth-order valence-corrected chi connectivity index (χ4v) is 4.98. The summed E-state index contributed by atoms with van der Waals surface area (Å²) in [5, 5.41) is 10.3. The first kappa shape index (κ1) is 32.0. The van der Waals surface area contributed by atoms with Crippen LogP contribution < -0.4 is 37.9 Å². The van der Waals surface area contributed by atoms with Gasteiger partial charge in [0.05, 0.1) is 49.8 Å². The van der Waals surface area contributed by atoms with Gasteiger partial charge in [-0.2, -0.15) is 0 Å². The van der Waals surface area contributed by atoms with E-state index in [1.807, 2.05) is 42.5 Å². The third-order valence-corrected chi connectivity index (χ3v) is 7.36. The number of aryl methyl sites for hydroxylation is 4. The normalized spacial score (nSPS) is 10.6. The van der Waals surface area contributed by atoms with E-state index in [4.69, 9.17) is 37.9 Å². The van der Waals surface area contributed by atoms with E-state index in [2.05, 4.69) is 6.07 Å². The summed E-state index contributed by atoms with van der Waals surface area (Å²) in [5.74, 6) is 4.66. The zero-order chi connectivity index (χ0) is 31.6. The molecule has 1 N–H and O–H groups in total. The van der Waals surface area contributed by atoms with Crippen molar-refractivity contribution in [3.63, 3.8) is 0 Å². The van der Waals surface area contributed by atoms with Crippen LogP contribution in [0.1, 0.15) is 22.3 Å². The summed E-state index contributed by atoms with van der Waals surface area (Å²) >= 11 is 0. The monoisotopic (exact) mass is 604 g/mol. The van der Waals surface area contributed by atoms with Gasteiger partial charge in [0, 0.05) is 6.07 Å². The lowest BCUT2D eigenvalue weighted by atomic mass is 10.0. The van der Waals surface area contributed by atoms with Gasteiger partial charge in [-0.3, -0.25) is 0 Å². The third kappa shape index (κ3) is 7.34. The Morgan fingerprint density at radius 3 is 1.50 bits per heavy atom. The molecule has 4 rings (SSSR count). The molecule has 0 atom stereocenters. The molecule has 4 aromatic rings. The number of phenols is 1. The first-order chi connectivity index (χ1) is 21.4. The zero-order valence-electron chi connectivity index (χ0n) is 26.3. The number of aromatic hydroxyl groups is 1. The van der Waals surface area contributed by atoms with Gasteiger partial charge in [-0.15, -0.1) is 0 Å². The van der Waals surface area contributed by atoms with Crippen LogP contribution in [0.3, 0.4) is 0 Å². The molecule has 9 heteroatoms. The lowest BCUT2D eigenvalue weighted by Crippen LogP contribution is -2.02. The highest BCUT2D eigenvalue weighted by atomic mass is 16.6. The summed E-state index contributed by atoms with van der Waals surface area (Å²) in [6.45, 7) is 0. The van der Waals surface area contributed by atoms with E-state index in [0.29, 0.717) is 65.3 Å². The molecule has 0 aromatic heterocycles. The van der Waals surface area contributed by atoms with Gasteiger partial charge in [0.15, 0.2) is 34.5 Å². The van der Waals surface area contributed by atoms with Gasteiger partial charge in [0.25, 0.3) is 0 Å². The van der Waals surface area contributed by atoms with Gasteiger partial charge in [-0.1, -0.05) is 12.1 Å². The summed E-state index contributed by atoms with van der Waals surface area (Å²) in [4.78, 5) is 0. The van der Waals surface area contributed by atoms with Crippen molar-refractivity contribution in [1.82, 2.24) is 0 Å². The Hall–Kier alpha value is -4.92. The van der Waals surface area contributed by atoms with E-state index in [1.165, 1.54) is 14.2 Å². The molecule has 234 valence electrons. The van der Waals surface area contributed by atoms with Crippen molar-refractivity contribution in [2.24, 2.45) is 0 Å². The van der Waals surface area contributed by atoms with Crippen molar-refractivity contribution in [2.45, 2.75) is 25.7 Å². The summed E-state index contributed by atoms with van der Waals surface area (Å²) in [7, 11) is 11.1. The van der Waals surface area contributed by atoms with Gasteiger partial charge < -0.3 is 43.0 Å². The fraction of sp³-hybridized carbons (Fsp3) is 0.314. The van der Waals surface area contributed by atoms with Crippen LogP contribution in [-0.2, 0) is 25.7 Å². The fourth-order valence-electron chi connectivity index (χ4n) is 4.98. The molecule has 0 amide bonds. The van der Waals surface area contributed by atoms with E-state index in [9.17, 15) is 5.11 Å². The minimum atomic E-state index is -0.0268. The second-order valence-electron chi connectivity index (χ2n) is 9.95. The highest BCUT2D eigenvalue weighted by Gasteiger charge is 2.20. The van der Waals surface area contributed by atoms with Gasteiger partial charge in [-0.05, 0) is 90.4 Å². The van der Waals surface area contributed by atoms with Crippen LogP contribution in [0.2, 0.25) is 0 Å². The van der Waals surface area contributed by atoms with E-state index in [0.717, 1.165) is 34.4 Å². The summed E-state index contributed by atoms with van der Waals surface area (Å²) in [6.07, 6.45) is 2.79. The molecule has 0 saturated heterocycles. The summed E-state index contributed by atoms with van der Waals surface area (Å²) in [6, 6.07) is 19.2. The number of hydrogen-bond donors (Lipinski definition) is 1. The van der Waals surface area contributed by atoms with Gasteiger partial charge in [0.2, 0.25) is 11.5 Å². The predicted octanol–water partition coefficient (Wildman–Crippen LogP) is 6.82. The molecule has 44 heavy (non-hydrogen) atoms. The van der Waals surface area contributed by atoms with Crippen molar-refractivity contribution in [1.29, 1.82) is 0 Å². The van der Waals surface area contributed by atoms with Crippen molar-refractivity contribution < 1.29 is 43.0 Å². The van der Waals surface area contributed by atoms with Crippen molar-refractivity contribution in [2.75, 3.05) is 49.8 Å². The largest absolute Gasteiger partial charge is 0.502 e. The quantitative estimate of drug-likeness (QED) is 0.157. The number of benzene rings is 4. The standard InChI is InChI=1S/C35H40O9/c1-37-26-10-8-9-22(15-26)13-14-25-20-29(28(39-3)21-27(25)38-2)44-35-32(42-6)18-24(19-33(35)43-7)12-11-23-16-30(40-4)34(36)31(17-23)41-5/h8-10,15-21,36H,11-14H2,1-7H3. The van der Waals surface area contributed by atoms with Gasteiger partial charge in [0.1, 0.15) is 11.5 Å². The molecule has 0 unspecified atom stereocenters. The minimum absolute atomic E-state index is 0.0268. The van der Waals surface area contributed by atoms with Crippen LogP contribution in [0.25, 0.3) is 0 Å². The average molecular weight is 605 g/mol. The highest BCUT2D eigenvalue weighted by molar-refractivity contribution is 5.59. The van der Waals surface area contributed by atoms with Crippen LogP contribution in [0.5, 0.6) is 57.5 Å². The number of methoxy groups -OCH3 is 7. The molecular weight excluding hydrogens is 564 g/mol. The maximum absolute atomic E-state index is 10.3. The van der Waals surface area contributed by atoms with Crippen molar-refractivity contribution in [3.8, 4) is 57.5 Å². The van der Waals surface area contributed by atoms with Crippen molar-refractivity contribution >= 4 is 0 Å². The number of phenolic OH excluding ortho intramolecular Hbond substituents is 1. The Labute approximate surface area is 258 Å². The van der Waals surface area contributed by atoms with Crippen molar-refractivity contribution in [3.05, 3.63) is 82.9 Å². The van der Waals surface area contributed by atoms with E-state index in [-0.39, 0.29) is 5.75 Å². The third-order valence-electron chi connectivity index (χ3n) is 7.36. The second-order valence-corrected chi connectivity index (χ2v) is 9.95. The Bertz CT molecular complexity index is 1510. The highest BCUT2D eigenvalue weighted by Crippen LogP contribution is 2.46. The van der Waals surface area contributed by atoms with Crippen LogP contribution >= 0.6 is 0 Å². The molecule has 0 fully saturated rings. The van der Waals surface area contributed by atoms with E-state index in [1.54, 1.807) is 47.7 Å². The minimum Gasteiger partial charge on any atom is -0.502 e. The number of hydrogen-bond acceptors (Lipinski definition) is 9. The maximum atomic E-state index is 10.3. The Balaban J connectivity index is 1.61. The second kappa shape index (κ2) is 15.0. The first-order valence-electron chi connectivity index (χ1n) is 14.1. The SMILES string of the molecule is COc1cccc(CCc2cc(Oc3c(OC)cc(CCc4cc(OC)c(O)c(OC)c4)cc3OC)c(OC)cc2OC)c1. The van der Waals surface area contributed by atoms with Crippen LogP contribution in [-0.4, -0.2) is 54.9 Å². The molecular formula is C35H40O9. The molecule has 0 radical (unpaired) electrons. The molecule has 0 spiro atoms. The lowest BCUT2D eigenvalue weighted by Gasteiger charge is -2.19. The maximum Gasteiger partial charge on any atom is 0.211 e. The van der Waals surface area contributed by atoms with Crippen LogP contribution in [0, 0.1) is 0 Å². The molecule has 4 aromatic carbocycles. The molecule has 0 saturated carbocycles. The zero-order valence-corrected chi connectivity index (χ0v) is 26.3. The molecule has 0 aliphatic carbocycles. The predicted molar refractivity (Wildman–Crippen MR) is 168 cm³/mol.